The first-order valence-corrected chi connectivity index (χ1v) is 14.0. The standard InChI is InChI=1S/C25H33Cl2N3O4S/c1-17(2)28-25(32)19(4)29(16-20-21(26)11-8-12-22(20)27)24(31)14-9-15-30(35(5,33)34)23-13-7-6-10-18(23)3/h6-8,10-13,17,19H,9,14-16H2,1-5H3,(H,28,32). The minimum atomic E-state index is -3.55. The summed E-state index contributed by atoms with van der Waals surface area (Å²) in [6.45, 7) is 7.35. The number of rotatable bonds is 11. The third-order valence-electron chi connectivity index (χ3n) is 5.52. The maximum absolute atomic E-state index is 13.3. The summed E-state index contributed by atoms with van der Waals surface area (Å²) in [6, 6.07) is 11.4. The zero-order chi connectivity index (χ0) is 26.3. The summed E-state index contributed by atoms with van der Waals surface area (Å²) >= 11 is 12.7. The van der Waals surface area contributed by atoms with Crippen LogP contribution in [0.3, 0.4) is 0 Å². The van der Waals surface area contributed by atoms with Crippen LogP contribution in [0, 0.1) is 6.92 Å². The minimum absolute atomic E-state index is 0.0409. The molecule has 0 aliphatic carbocycles. The van der Waals surface area contributed by atoms with Crippen LogP contribution in [0.25, 0.3) is 0 Å². The Kier molecular flexibility index (Phi) is 10.4. The molecular weight excluding hydrogens is 509 g/mol. The minimum Gasteiger partial charge on any atom is -0.352 e. The number of carbonyl (C=O) groups is 2. The molecule has 0 bridgehead atoms. The van der Waals surface area contributed by atoms with Gasteiger partial charge in [-0.05, 0) is 57.9 Å². The van der Waals surface area contributed by atoms with Gasteiger partial charge in [0.1, 0.15) is 6.04 Å². The third kappa shape index (κ3) is 8.12. The highest BCUT2D eigenvalue weighted by atomic mass is 35.5. The molecule has 1 N–H and O–H groups in total. The molecule has 0 saturated heterocycles. The molecule has 10 heteroatoms. The lowest BCUT2D eigenvalue weighted by atomic mass is 10.1. The summed E-state index contributed by atoms with van der Waals surface area (Å²) in [5, 5.41) is 3.62. The lowest BCUT2D eigenvalue weighted by Crippen LogP contribution is -2.49. The van der Waals surface area contributed by atoms with Crippen LogP contribution < -0.4 is 9.62 Å². The Balaban J connectivity index is 2.24. The van der Waals surface area contributed by atoms with E-state index in [9.17, 15) is 18.0 Å². The van der Waals surface area contributed by atoms with E-state index in [1.165, 1.54) is 9.21 Å². The van der Waals surface area contributed by atoms with Crippen molar-refractivity contribution in [3.05, 3.63) is 63.6 Å². The second-order valence-corrected chi connectivity index (χ2v) is 11.5. The van der Waals surface area contributed by atoms with Crippen LogP contribution in [0.4, 0.5) is 5.69 Å². The number of anilines is 1. The van der Waals surface area contributed by atoms with Crippen LogP contribution in [0.1, 0.15) is 44.7 Å². The molecule has 0 radical (unpaired) electrons. The van der Waals surface area contributed by atoms with E-state index < -0.39 is 16.1 Å². The van der Waals surface area contributed by atoms with E-state index in [0.717, 1.165) is 11.8 Å². The van der Waals surface area contributed by atoms with Crippen LogP contribution in [0.2, 0.25) is 10.0 Å². The van der Waals surface area contributed by atoms with Gasteiger partial charge in [-0.15, -0.1) is 0 Å². The second-order valence-electron chi connectivity index (χ2n) is 8.79. The molecule has 0 aliphatic rings. The number of nitrogens with one attached hydrogen (secondary N) is 1. The maximum atomic E-state index is 13.3. The highest BCUT2D eigenvalue weighted by molar-refractivity contribution is 7.92. The van der Waals surface area contributed by atoms with Crippen LogP contribution in [0.5, 0.6) is 0 Å². The van der Waals surface area contributed by atoms with E-state index in [-0.39, 0.29) is 43.8 Å². The fourth-order valence-electron chi connectivity index (χ4n) is 3.67. The zero-order valence-corrected chi connectivity index (χ0v) is 23.0. The molecule has 0 fully saturated rings. The molecule has 0 aliphatic heterocycles. The van der Waals surface area contributed by atoms with Crippen LogP contribution in [-0.4, -0.2) is 50.0 Å². The number of nitrogens with zero attached hydrogens (tertiary/aromatic N) is 2. The Morgan fingerprint density at radius 3 is 2.14 bits per heavy atom. The summed E-state index contributed by atoms with van der Waals surface area (Å²) < 4.78 is 26.2. The predicted molar refractivity (Wildman–Crippen MR) is 142 cm³/mol. The molecular formula is C25H33Cl2N3O4S. The van der Waals surface area contributed by atoms with Crippen LogP contribution in [-0.2, 0) is 26.2 Å². The van der Waals surface area contributed by atoms with Crippen LogP contribution in [0.15, 0.2) is 42.5 Å². The molecule has 0 saturated carbocycles. The molecule has 2 aromatic rings. The van der Waals surface area contributed by atoms with Crippen molar-refractivity contribution in [1.82, 2.24) is 10.2 Å². The molecule has 0 heterocycles. The van der Waals surface area contributed by atoms with Gasteiger partial charge in [0.2, 0.25) is 21.8 Å². The number of para-hydroxylation sites is 1. The lowest BCUT2D eigenvalue weighted by Gasteiger charge is -2.30. The van der Waals surface area contributed by atoms with Gasteiger partial charge in [0.15, 0.2) is 0 Å². The molecule has 35 heavy (non-hydrogen) atoms. The maximum Gasteiger partial charge on any atom is 0.242 e. The Morgan fingerprint density at radius 2 is 1.60 bits per heavy atom. The first-order valence-electron chi connectivity index (χ1n) is 11.4. The average molecular weight is 543 g/mol. The number of aryl methyl sites for hydroxylation is 1. The predicted octanol–water partition coefficient (Wildman–Crippen LogP) is 4.79. The van der Waals surface area contributed by atoms with Gasteiger partial charge in [-0.2, -0.15) is 0 Å². The molecule has 1 atom stereocenters. The number of halogens is 2. The van der Waals surface area contributed by atoms with Gasteiger partial charge < -0.3 is 10.2 Å². The Hall–Kier alpha value is -2.29. The number of hydrogen-bond acceptors (Lipinski definition) is 4. The van der Waals surface area contributed by atoms with Gasteiger partial charge in [0, 0.05) is 41.2 Å². The Labute approximate surface area is 218 Å². The van der Waals surface area contributed by atoms with Gasteiger partial charge in [0.05, 0.1) is 11.9 Å². The summed E-state index contributed by atoms with van der Waals surface area (Å²) in [5.41, 5.74) is 1.94. The Morgan fingerprint density at radius 1 is 1.00 bits per heavy atom. The first-order chi connectivity index (χ1) is 16.3. The number of sulfonamides is 1. The van der Waals surface area contributed by atoms with E-state index in [0.29, 0.717) is 21.3 Å². The number of hydrogen-bond donors (Lipinski definition) is 1. The molecule has 0 aromatic heterocycles. The molecule has 0 spiro atoms. The van der Waals surface area contributed by atoms with Crippen molar-refractivity contribution in [3.8, 4) is 0 Å². The third-order valence-corrected chi connectivity index (χ3v) is 7.41. The fraction of sp³-hybridized carbons (Fsp3) is 0.440. The molecule has 2 amide bonds. The van der Waals surface area contributed by atoms with E-state index in [4.69, 9.17) is 23.2 Å². The quantitative estimate of drug-likeness (QED) is 0.443. The summed E-state index contributed by atoms with van der Waals surface area (Å²) in [5.74, 6) is -0.597. The molecule has 192 valence electrons. The lowest BCUT2D eigenvalue weighted by molar-refractivity contribution is -0.140. The van der Waals surface area contributed by atoms with E-state index in [2.05, 4.69) is 5.32 Å². The molecule has 1 unspecified atom stereocenters. The number of carbonyl (C=O) groups excluding carboxylic acids is 2. The van der Waals surface area contributed by atoms with Gasteiger partial charge in [0.25, 0.3) is 0 Å². The van der Waals surface area contributed by atoms with E-state index in [1.807, 2.05) is 32.9 Å². The van der Waals surface area contributed by atoms with E-state index >= 15 is 0 Å². The SMILES string of the molecule is Cc1ccccc1N(CCCC(=O)N(Cc1c(Cl)cccc1Cl)C(C)C(=O)NC(C)C)S(C)(=O)=O. The summed E-state index contributed by atoms with van der Waals surface area (Å²) in [7, 11) is -3.55. The molecule has 2 aromatic carbocycles. The second kappa shape index (κ2) is 12.6. The topological polar surface area (TPSA) is 86.8 Å². The summed E-state index contributed by atoms with van der Waals surface area (Å²) in [6.07, 6.45) is 1.45. The Bertz CT molecular complexity index is 1130. The zero-order valence-electron chi connectivity index (χ0n) is 20.7. The van der Waals surface area contributed by atoms with E-state index in [1.54, 1.807) is 37.3 Å². The monoisotopic (exact) mass is 541 g/mol. The number of amides is 2. The molecule has 2 rings (SSSR count). The van der Waals surface area contributed by atoms with Gasteiger partial charge in [-0.3, -0.25) is 13.9 Å². The van der Waals surface area contributed by atoms with Crippen molar-refractivity contribution in [2.24, 2.45) is 0 Å². The van der Waals surface area contributed by atoms with Gasteiger partial charge in [-0.1, -0.05) is 47.5 Å². The van der Waals surface area contributed by atoms with Crippen molar-refractivity contribution >= 4 is 50.7 Å². The van der Waals surface area contributed by atoms with Crippen molar-refractivity contribution in [2.75, 3.05) is 17.1 Å². The number of benzene rings is 2. The van der Waals surface area contributed by atoms with Gasteiger partial charge in [-0.25, -0.2) is 8.42 Å². The van der Waals surface area contributed by atoms with Crippen molar-refractivity contribution < 1.29 is 18.0 Å². The molecule has 7 nitrogen and oxygen atoms in total. The fourth-order valence-corrected chi connectivity index (χ4v) is 5.21. The average Bonchev–Trinajstić information content (AvgIpc) is 2.75. The largest absolute Gasteiger partial charge is 0.352 e. The van der Waals surface area contributed by atoms with Crippen molar-refractivity contribution in [1.29, 1.82) is 0 Å². The first kappa shape index (κ1) is 28.9. The highest BCUT2D eigenvalue weighted by Gasteiger charge is 2.28. The van der Waals surface area contributed by atoms with Crippen molar-refractivity contribution in [3.63, 3.8) is 0 Å². The summed E-state index contributed by atoms with van der Waals surface area (Å²) in [4.78, 5) is 27.5. The smallest absolute Gasteiger partial charge is 0.242 e. The normalized spacial score (nSPS) is 12.3. The highest BCUT2D eigenvalue weighted by Crippen LogP contribution is 2.27. The van der Waals surface area contributed by atoms with Crippen molar-refractivity contribution in [2.45, 2.75) is 59.2 Å². The van der Waals surface area contributed by atoms with Gasteiger partial charge >= 0.3 is 0 Å². The van der Waals surface area contributed by atoms with Crippen LogP contribution >= 0.6 is 23.2 Å².